The number of nitrogens with one attached hydrogen (secondary N) is 2. The van der Waals surface area contributed by atoms with Crippen LogP contribution in [0.15, 0.2) is 18.2 Å². The van der Waals surface area contributed by atoms with E-state index in [0.29, 0.717) is 25.6 Å². The van der Waals surface area contributed by atoms with Crippen molar-refractivity contribution in [2.24, 2.45) is 0 Å². The summed E-state index contributed by atoms with van der Waals surface area (Å²) in [5.74, 6) is 0.884. The van der Waals surface area contributed by atoms with Crippen LogP contribution in [0.3, 0.4) is 0 Å². The van der Waals surface area contributed by atoms with E-state index < -0.39 is 0 Å². The molecule has 1 aromatic carbocycles. The van der Waals surface area contributed by atoms with E-state index in [2.05, 4.69) is 37.5 Å². The van der Waals surface area contributed by atoms with Gasteiger partial charge in [0.05, 0.1) is 13.0 Å². The van der Waals surface area contributed by atoms with E-state index >= 15 is 0 Å². The van der Waals surface area contributed by atoms with E-state index in [0.717, 1.165) is 17.9 Å². The van der Waals surface area contributed by atoms with Crippen LogP contribution in [0, 0.1) is 6.92 Å². The molecule has 1 amide bonds. The Balaban J connectivity index is 2.57. The molecule has 0 saturated heterocycles. The van der Waals surface area contributed by atoms with Crippen molar-refractivity contribution in [1.82, 2.24) is 10.6 Å². The zero-order valence-corrected chi connectivity index (χ0v) is 13.0. The molecule has 0 aromatic heterocycles. The van der Waals surface area contributed by atoms with Crippen LogP contribution in [0.25, 0.3) is 0 Å². The van der Waals surface area contributed by atoms with Gasteiger partial charge in [-0.3, -0.25) is 4.79 Å². The molecule has 0 heterocycles. The van der Waals surface area contributed by atoms with Crippen LogP contribution in [0.2, 0.25) is 0 Å². The van der Waals surface area contributed by atoms with Crippen molar-refractivity contribution >= 4 is 5.91 Å². The Kier molecular flexibility index (Phi) is 7.09. The maximum atomic E-state index is 11.4. The van der Waals surface area contributed by atoms with E-state index in [1.807, 2.05) is 19.1 Å². The molecule has 1 rings (SSSR count). The SMILES string of the molecule is CCNC(=O)CCOc1ccc(C)cc1CNC(C)C. The Labute approximate surface area is 121 Å². The summed E-state index contributed by atoms with van der Waals surface area (Å²) in [4.78, 5) is 11.4. The van der Waals surface area contributed by atoms with E-state index in [-0.39, 0.29) is 5.91 Å². The first-order chi connectivity index (χ1) is 9.52. The highest BCUT2D eigenvalue weighted by Crippen LogP contribution is 2.20. The van der Waals surface area contributed by atoms with Gasteiger partial charge in [-0.2, -0.15) is 0 Å². The zero-order valence-electron chi connectivity index (χ0n) is 13.0. The van der Waals surface area contributed by atoms with Crippen molar-refractivity contribution < 1.29 is 9.53 Å². The Morgan fingerprint density at radius 2 is 2.10 bits per heavy atom. The van der Waals surface area contributed by atoms with Crippen molar-refractivity contribution in [3.8, 4) is 5.75 Å². The van der Waals surface area contributed by atoms with Crippen LogP contribution in [-0.4, -0.2) is 25.1 Å². The van der Waals surface area contributed by atoms with Gasteiger partial charge < -0.3 is 15.4 Å². The third-order valence-corrected chi connectivity index (χ3v) is 2.88. The van der Waals surface area contributed by atoms with E-state index in [9.17, 15) is 4.79 Å². The maximum Gasteiger partial charge on any atom is 0.223 e. The van der Waals surface area contributed by atoms with Crippen molar-refractivity contribution in [3.63, 3.8) is 0 Å². The Bertz CT molecular complexity index is 430. The van der Waals surface area contributed by atoms with Gasteiger partial charge in [-0.25, -0.2) is 0 Å². The number of hydrogen-bond donors (Lipinski definition) is 2. The minimum absolute atomic E-state index is 0.0291. The highest BCUT2D eigenvalue weighted by atomic mass is 16.5. The second-order valence-electron chi connectivity index (χ2n) is 5.20. The van der Waals surface area contributed by atoms with Gasteiger partial charge in [-0.1, -0.05) is 31.5 Å². The van der Waals surface area contributed by atoms with Gasteiger partial charge in [0, 0.05) is 24.7 Å². The number of aryl methyl sites for hydroxylation is 1. The molecule has 0 unspecified atom stereocenters. The fraction of sp³-hybridized carbons (Fsp3) is 0.562. The molecule has 0 spiro atoms. The van der Waals surface area contributed by atoms with Gasteiger partial charge in [0.1, 0.15) is 5.75 Å². The molecule has 0 aliphatic carbocycles. The minimum Gasteiger partial charge on any atom is -0.493 e. The molecule has 0 atom stereocenters. The lowest BCUT2D eigenvalue weighted by Crippen LogP contribution is -2.25. The molecule has 4 nitrogen and oxygen atoms in total. The minimum atomic E-state index is 0.0291. The van der Waals surface area contributed by atoms with Gasteiger partial charge in [-0.15, -0.1) is 0 Å². The first-order valence-electron chi connectivity index (χ1n) is 7.25. The second kappa shape index (κ2) is 8.59. The van der Waals surface area contributed by atoms with Crippen LogP contribution in [0.1, 0.15) is 38.3 Å². The fourth-order valence-corrected chi connectivity index (χ4v) is 1.84. The largest absolute Gasteiger partial charge is 0.493 e. The molecule has 4 heteroatoms. The Morgan fingerprint density at radius 3 is 2.75 bits per heavy atom. The van der Waals surface area contributed by atoms with Crippen molar-refractivity contribution in [3.05, 3.63) is 29.3 Å². The Morgan fingerprint density at radius 1 is 1.35 bits per heavy atom. The predicted octanol–water partition coefficient (Wildman–Crippen LogP) is 2.40. The first kappa shape index (κ1) is 16.5. The molecule has 0 aliphatic rings. The van der Waals surface area contributed by atoms with Gasteiger partial charge in [0.2, 0.25) is 5.91 Å². The monoisotopic (exact) mass is 278 g/mol. The molecule has 0 fully saturated rings. The topological polar surface area (TPSA) is 50.4 Å². The second-order valence-corrected chi connectivity index (χ2v) is 5.20. The van der Waals surface area contributed by atoms with E-state index in [1.54, 1.807) is 0 Å². The van der Waals surface area contributed by atoms with Crippen molar-refractivity contribution in [2.45, 2.75) is 46.7 Å². The van der Waals surface area contributed by atoms with Crippen LogP contribution >= 0.6 is 0 Å². The van der Waals surface area contributed by atoms with Gasteiger partial charge in [-0.05, 0) is 19.9 Å². The van der Waals surface area contributed by atoms with E-state index in [1.165, 1.54) is 5.56 Å². The number of benzene rings is 1. The number of amides is 1. The van der Waals surface area contributed by atoms with Crippen LogP contribution in [-0.2, 0) is 11.3 Å². The molecule has 20 heavy (non-hydrogen) atoms. The zero-order chi connectivity index (χ0) is 15.0. The van der Waals surface area contributed by atoms with Crippen molar-refractivity contribution in [1.29, 1.82) is 0 Å². The van der Waals surface area contributed by atoms with Gasteiger partial charge in [0.25, 0.3) is 0 Å². The number of rotatable bonds is 8. The molecule has 0 bridgehead atoms. The Hall–Kier alpha value is -1.55. The molecular weight excluding hydrogens is 252 g/mol. The quantitative estimate of drug-likeness (QED) is 0.767. The molecule has 0 saturated carbocycles. The summed E-state index contributed by atoms with van der Waals surface area (Å²) in [7, 11) is 0. The number of carbonyl (C=O) groups is 1. The smallest absolute Gasteiger partial charge is 0.223 e. The fourth-order valence-electron chi connectivity index (χ4n) is 1.84. The third kappa shape index (κ3) is 6.06. The lowest BCUT2D eigenvalue weighted by molar-refractivity contribution is -0.121. The first-order valence-corrected chi connectivity index (χ1v) is 7.25. The summed E-state index contributed by atoms with van der Waals surface area (Å²) in [5, 5.41) is 6.15. The lowest BCUT2D eigenvalue weighted by Gasteiger charge is -2.14. The van der Waals surface area contributed by atoms with Crippen LogP contribution in [0.5, 0.6) is 5.75 Å². The van der Waals surface area contributed by atoms with Gasteiger partial charge in [0.15, 0.2) is 0 Å². The molecular formula is C16H26N2O2. The van der Waals surface area contributed by atoms with E-state index in [4.69, 9.17) is 4.74 Å². The molecule has 0 radical (unpaired) electrons. The summed E-state index contributed by atoms with van der Waals surface area (Å²) in [5.41, 5.74) is 2.34. The summed E-state index contributed by atoms with van der Waals surface area (Å²) in [6.45, 7) is 10.1. The summed E-state index contributed by atoms with van der Waals surface area (Å²) in [6.07, 6.45) is 0.388. The highest BCUT2D eigenvalue weighted by molar-refractivity contribution is 5.75. The molecule has 1 aromatic rings. The highest BCUT2D eigenvalue weighted by Gasteiger charge is 2.06. The number of hydrogen-bond acceptors (Lipinski definition) is 3. The third-order valence-electron chi connectivity index (χ3n) is 2.88. The van der Waals surface area contributed by atoms with Crippen molar-refractivity contribution in [2.75, 3.05) is 13.2 Å². The maximum absolute atomic E-state index is 11.4. The molecule has 0 aliphatic heterocycles. The lowest BCUT2D eigenvalue weighted by atomic mass is 10.1. The predicted molar refractivity (Wildman–Crippen MR) is 82.0 cm³/mol. The molecule has 2 N–H and O–H groups in total. The average Bonchev–Trinajstić information content (AvgIpc) is 2.38. The molecule has 112 valence electrons. The number of ether oxygens (including phenoxy) is 1. The number of carbonyl (C=O) groups excluding carboxylic acids is 1. The summed E-state index contributed by atoms with van der Waals surface area (Å²) in [6, 6.07) is 6.56. The standard InChI is InChI=1S/C16H26N2O2/c1-5-17-16(19)8-9-20-15-7-6-13(4)10-14(15)11-18-12(2)3/h6-7,10,12,18H,5,8-9,11H2,1-4H3,(H,17,19). The average molecular weight is 278 g/mol. The van der Waals surface area contributed by atoms with Gasteiger partial charge >= 0.3 is 0 Å². The van der Waals surface area contributed by atoms with Crippen LogP contribution < -0.4 is 15.4 Å². The summed E-state index contributed by atoms with van der Waals surface area (Å²) >= 11 is 0. The normalized spacial score (nSPS) is 10.7. The summed E-state index contributed by atoms with van der Waals surface area (Å²) < 4.78 is 5.74. The van der Waals surface area contributed by atoms with Crippen LogP contribution in [0.4, 0.5) is 0 Å².